The highest BCUT2D eigenvalue weighted by Crippen LogP contribution is 2.34. The topological polar surface area (TPSA) is 131 Å². The SMILES string of the molecule is Cc1ccc(-c2cc3c(cnn3C)cc2F)c2cnn(CC(=O)NCC(=O)NCC(=O)O)c12. The number of carboxylic acid groups (broad SMARTS) is 1. The molecule has 4 rings (SSSR count). The lowest BCUT2D eigenvalue weighted by atomic mass is 9.98. The summed E-state index contributed by atoms with van der Waals surface area (Å²) in [6, 6.07) is 6.83. The quantitative estimate of drug-likeness (QED) is 0.388. The van der Waals surface area contributed by atoms with Crippen molar-refractivity contribution < 1.29 is 23.9 Å². The summed E-state index contributed by atoms with van der Waals surface area (Å²) in [5, 5.41) is 23.0. The first-order valence-electron chi connectivity index (χ1n) is 10.1. The fourth-order valence-electron chi connectivity index (χ4n) is 3.72. The summed E-state index contributed by atoms with van der Waals surface area (Å²) in [6.07, 6.45) is 3.18. The fourth-order valence-corrected chi connectivity index (χ4v) is 3.72. The normalized spacial score (nSPS) is 11.1. The molecule has 0 saturated heterocycles. The molecule has 0 radical (unpaired) electrons. The highest BCUT2D eigenvalue weighted by atomic mass is 19.1. The van der Waals surface area contributed by atoms with Gasteiger partial charge in [0.25, 0.3) is 0 Å². The summed E-state index contributed by atoms with van der Waals surface area (Å²) in [4.78, 5) is 34.4. The maximum Gasteiger partial charge on any atom is 0.322 e. The number of hydrogen-bond donors (Lipinski definition) is 3. The van der Waals surface area contributed by atoms with Gasteiger partial charge in [-0.2, -0.15) is 10.2 Å². The Morgan fingerprint density at radius 1 is 1.03 bits per heavy atom. The molecule has 0 atom stereocenters. The third kappa shape index (κ3) is 4.38. The van der Waals surface area contributed by atoms with Crippen molar-refractivity contribution in [2.24, 2.45) is 7.05 Å². The lowest BCUT2D eigenvalue weighted by Gasteiger charge is -2.10. The summed E-state index contributed by atoms with van der Waals surface area (Å²) in [5.41, 5.74) is 3.34. The average molecular weight is 452 g/mol. The van der Waals surface area contributed by atoms with Gasteiger partial charge in [-0.3, -0.25) is 23.7 Å². The number of hydrogen-bond acceptors (Lipinski definition) is 5. The van der Waals surface area contributed by atoms with Gasteiger partial charge in [-0.15, -0.1) is 0 Å². The molecule has 0 fully saturated rings. The van der Waals surface area contributed by atoms with Crippen LogP contribution in [0.2, 0.25) is 0 Å². The molecule has 0 spiro atoms. The van der Waals surface area contributed by atoms with Crippen molar-refractivity contribution in [3.63, 3.8) is 0 Å². The summed E-state index contributed by atoms with van der Waals surface area (Å²) >= 11 is 0. The van der Waals surface area contributed by atoms with E-state index in [1.54, 1.807) is 30.2 Å². The molecule has 170 valence electrons. The Bertz CT molecular complexity index is 1410. The van der Waals surface area contributed by atoms with Crippen molar-refractivity contribution in [1.82, 2.24) is 30.2 Å². The van der Waals surface area contributed by atoms with Crippen LogP contribution in [-0.4, -0.2) is 55.5 Å². The van der Waals surface area contributed by atoms with E-state index in [9.17, 15) is 18.8 Å². The number of carboxylic acids is 1. The molecular weight excluding hydrogens is 431 g/mol. The predicted octanol–water partition coefficient (Wildman–Crippen LogP) is 1.35. The lowest BCUT2D eigenvalue weighted by molar-refractivity contribution is -0.137. The highest BCUT2D eigenvalue weighted by Gasteiger charge is 2.17. The molecule has 33 heavy (non-hydrogen) atoms. The Morgan fingerprint density at radius 3 is 2.55 bits per heavy atom. The van der Waals surface area contributed by atoms with Gasteiger partial charge in [0.1, 0.15) is 18.9 Å². The van der Waals surface area contributed by atoms with Gasteiger partial charge in [-0.25, -0.2) is 4.39 Å². The maximum atomic E-state index is 14.9. The second kappa shape index (κ2) is 8.69. The number of fused-ring (bicyclic) bond motifs is 2. The number of carbonyl (C=O) groups is 3. The van der Waals surface area contributed by atoms with Gasteiger partial charge in [0.15, 0.2) is 0 Å². The monoisotopic (exact) mass is 452 g/mol. The van der Waals surface area contributed by atoms with Crippen molar-refractivity contribution in [3.05, 3.63) is 48.0 Å². The number of aryl methyl sites for hydroxylation is 2. The molecule has 2 heterocycles. The minimum Gasteiger partial charge on any atom is -0.480 e. The van der Waals surface area contributed by atoms with Crippen molar-refractivity contribution in [1.29, 1.82) is 0 Å². The van der Waals surface area contributed by atoms with E-state index in [0.29, 0.717) is 27.4 Å². The molecule has 10 nitrogen and oxygen atoms in total. The number of nitrogens with one attached hydrogen (secondary N) is 2. The van der Waals surface area contributed by atoms with Gasteiger partial charge in [0.2, 0.25) is 11.8 Å². The van der Waals surface area contributed by atoms with Crippen LogP contribution in [0.4, 0.5) is 4.39 Å². The van der Waals surface area contributed by atoms with E-state index in [1.807, 2.05) is 19.1 Å². The van der Waals surface area contributed by atoms with Crippen LogP contribution in [0.25, 0.3) is 32.9 Å². The van der Waals surface area contributed by atoms with Crippen LogP contribution in [0.3, 0.4) is 0 Å². The smallest absolute Gasteiger partial charge is 0.322 e. The number of rotatable bonds is 7. The number of benzene rings is 2. The van der Waals surface area contributed by atoms with Crippen LogP contribution >= 0.6 is 0 Å². The van der Waals surface area contributed by atoms with E-state index in [4.69, 9.17) is 5.11 Å². The van der Waals surface area contributed by atoms with Crippen molar-refractivity contribution in [2.45, 2.75) is 13.5 Å². The minimum absolute atomic E-state index is 0.163. The van der Waals surface area contributed by atoms with Gasteiger partial charge in [0, 0.05) is 23.4 Å². The molecule has 2 amide bonds. The van der Waals surface area contributed by atoms with E-state index in [1.165, 1.54) is 10.7 Å². The van der Waals surface area contributed by atoms with E-state index < -0.39 is 30.1 Å². The molecular formula is C22H21FN6O4. The standard InChI is InChI=1S/C22H21FN6O4/c1-12-3-4-14(15-6-18-13(5-17(15)23)7-26-28(18)2)16-8-27-29(22(12)16)11-20(31)24-9-19(30)25-10-21(32)33/h3-8H,9-11H2,1-2H3,(H,24,31)(H,25,30)(H,32,33). The third-order valence-electron chi connectivity index (χ3n) is 5.30. The Labute approximate surface area is 187 Å². The van der Waals surface area contributed by atoms with E-state index in [2.05, 4.69) is 20.8 Å². The zero-order valence-corrected chi connectivity index (χ0v) is 17.9. The number of aromatic nitrogens is 4. The Hall–Kier alpha value is -4.28. The lowest BCUT2D eigenvalue weighted by Crippen LogP contribution is -2.40. The first-order valence-corrected chi connectivity index (χ1v) is 10.1. The molecule has 3 N–H and O–H groups in total. The van der Waals surface area contributed by atoms with Crippen molar-refractivity contribution in [3.8, 4) is 11.1 Å². The zero-order chi connectivity index (χ0) is 23.7. The Kier molecular flexibility index (Phi) is 5.78. The average Bonchev–Trinajstić information content (AvgIpc) is 3.35. The fraction of sp³-hybridized carbons (Fsp3) is 0.227. The number of aliphatic carboxylic acids is 1. The van der Waals surface area contributed by atoms with E-state index in [0.717, 1.165) is 11.1 Å². The molecule has 2 aromatic heterocycles. The molecule has 0 unspecified atom stereocenters. The van der Waals surface area contributed by atoms with Gasteiger partial charge >= 0.3 is 5.97 Å². The number of amides is 2. The largest absolute Gasteiger partial charge is 0.480 e. The molecule has 0 aliphatic rings. The number of carbonyl (C=O) groups excluding carboxylic acids is 2. The van der Waals surface area contributed by atoms with Crippen LogP contribution in [0.15, 0.2) is 36.7 Å². The van der Waals surface area contributed by atoms with Gasteiger partial charge in [-0.1, -0.05) is 12.1 Å². The molecule has 2 aromatic carbocycles. The second-order valence-electron chi connectivity index (χ2n) is 7.60. The summed E-state index contributed by atoms with van der Waals surface area (Å²) in [6.45, 7) is 0.818. The van der Waals surface area contributed by atoms with Crippen LogP contribution in [0.1, 0.15) is 5.56 Å². The van der Waals surface area contributed by atoms with Crippen molar-refractivity contribution in [2.75, 3.05) is 13.1 Å². The second-order valence-corrected chi connectivity index (χ2v) is 7.60. The number of halogens is 1. The zero-order valence-electron chi connectivity index (χ0n) is 17.9. The molecule has 4 aromatic rings. The van der Waals surface area contributed by atoms with Crippen molar-refractivity contribution >= 4 is 39.6 Å². The summed E-state index contributed by atoms with van der Waals surface area (Å²) < 4.78 is 18.1. The number of nitrogens with zero attached hydrogens (tertiary/aromatic N) is 4. The molecule has 0 saturated carbocycles. The first kappa shape index (κ1) is 21.9. The molecule has 0 bridgehead atoms. The van der Waals surface area contributed by atoms with Gasteiger partial charge in [0.05, 0.1) is 30.0 Å². The van der Waals surface area contributed by atoms with Crippen LogP contribution in [-0.2, 0) is 28.0 Å². The third-order valence-corrected chi connectivity index (χ3v) is 5.30. The maximum absolute atomic E-state index is 14.9. The van der Waals surface area contributed by atoms with E-state index >= 15 is 0 Å². The van der Waals surface area contributed by atoms with Gasteiger partial charge in [-0.05, 0) is 30.2 Å². The molecule has 0 aliphatic heterocycles. The minimum atomic E-state index is -1.18. The highest BCUT2D eigenvalue weighted by molar-refractivity contribution is 5.99. The van der Waals surface area contributed by atoms with Gasteiger partial charge < -0.3 is 15.7 Å². The summed E-state index contributed by atoms with van der Waals surface area (Å²) in [5.74, 6) is -2.66. The van der Waals surface area contributed by atoms with Crippen LogP contribution in [0.5, 0.6) is 0 Å². The predicted molar refractivity (Wildman–Crippen MR) is 118 cm³/mol. The Morgan fingerprint density at radius 2 is 1.79 bits per heavy atom. The first-order chi connectivity index (χ1) is 15.7. The Balaban J connectivity index is 1.60. The summed E-state index contributed by atoms with van der Waals surface area (Å²) in [7, 11) is 1.79. The molecule has 0 aliphatic carbocycles. The molecule has 11 heteroatoms. The van der Waals surface area contributed by atoms with Crippen LogP contribution < -0.4 is 10.6 Å². The van der Waals surface area contributed by atoms with E-state index in [-0.39, 0.29) is 13.1 Å². The van der Waals surface area contributed by atoms with Crippen LogP contribution in [0, 0.1) is 12.7 Å².